The first-order chi connectivity index (χ1) is 9.77. The number of hydrogen-bond acceptors (Lipinski definition) is 4. The van der Waals surface area contributed by atoms with Gasteiger partial charge < -0.3 is 20.3 Å². The molecule has 5 nitrogen and oxygen atoms in total. The lowest BCUT2D eigenvalue weighted by Crippen LogP contribution is -2.48. The third kappa shape index (κ3) is 5.04. The SMILES string of the molecule is CC1CCCCN1CCCCNC(=O)C1CNCCO1. The van der Waals surface area contributed by atoms with Crippen LogP contribution in [-0.2, 0) is 9.53 Å². The van der Waals surface area contributed by atoms with Gasteiger partial charge in [-0.15, -0.1) is 0 Å². The molecular weight excluding hydrogens is 254 g/mol. The van der Waals surface area contributed by atoms with Crippen LogP contribution in [0.3, 0.4) is 0 Å². The molecule has 1 amide bonds. The minimum Gasteiger partial charge on any atom is -0.366 e. The highest BCUT2D eigenvalue weighted by atomic mass is 16.5. The van der Waals surface area contributed by atoms with Crippen LogP contribution in [0, 0.1) is 0 Å². The number of amides is 1. The lowest BCUT2D eigenvalue weighted by molar-refractivity contribution is -0.134. The van der Waals surface area contributed by atoms with Crippen LogP contribution >= 0.6 is 0 Å². The molecule has 2 aliphatic heterocycles. The van der Waals surface area contributed by atoms with E-state index in [9.17, 15) is 4.79 Å². The van der Waals surface area contributed by atoms with Crippen LogP contribution < -0.4 is 10.6 Å². The van der Waals surface area contributed by atoms with Gasteiger partial charge in [-0.25, -0.2) is 0 Å². The van der Waals surface area contributed by atoms with Crippen LogP contribution in [0.2, 0.25) is 0 Å². The summed E-state index contributed by atoms with van der Waals surface area (Å²) in [6.45, 7) is 7.61. The smallest absolute Gasteiger partial charge is 0.250 e. The largest absolute Gasteiger partial charge is 0.366 e. The quantitative estimate of drug-likeness (QED) is 0.706. The van der Waals surface area contributed by atoms with Gasteiger partial charge in [0.2, 0.25) is 5.91 Å². The standard InChI is InChI=1S/C15H29N3O2/c1-13-6-2-4-9-18(13)10-5-3-7-17-15(19)14-12-16-8-11-20-14/h13-14,16H,2-12H2,1H3,(H,17,19). The van der Waals surface area contributed by atoms with Crippen molar-refractivity contribution >= 4 is 5.91 Å². The van der Waals surface area contributed by atoms with Crippen LogP contribution in [0.4, 0.5) is 0 Å². The molecule has 2 N–H and O–H groups in total. The molecule has 2 rings (SSSR count). The zero-order valence-corrected chi connectivity index (χ0v) is 12.7. The lowest BCUT2D eigenvalue weighted by Gasteiger charge is -2.33. The van der Waals surface area contributed by atoms with Crippen LogP contribution in [0.5, 0.6) is 0 Å². The number of unbranched alkanes of at least 4 members (excludes halogenated alkanes) is 1. The molecule has 0 spiro atoms. The Labute approximate surface area is 122 Å². The number of rotatable bonds is 6. The molecule has 0 saturated carbocycles. The molecule has 2 unspecified atom stereocenters. The van der Waals surface area contributed by atoms with Gasteiger partial charge in [0.15, 0.2) is 0 Å². The third-order valence-electron chi connectivity index (χ3n) is 4.33. The van der Waals surface area contributed by atoms with E-state index in [0.29, 0.717) is 13.2 Å². The molecule has 0 radical (unpaired) electrons. The Morgan fingerprint density at radius 2 is 2.30 bits per heavy atom. The topological polar surface area (TPSA) is 53.6 Å². The number of piperidine rings is 1. The average molecular weight is 283 g/mol. The fourth-order valence-electron chi connectivity index (χ4n) is 2.99. The van der Waals surface area contributed by atoms with Gasteiger partial charge in [0.25, 0.3) is 0 Å². The van der Waals surface area contributed by atoms with Crippen LogP contribution in [0.15, 0.2) is 0 Å². The summed E-state index contributed by atoms with van der Waals surface area (Å²) < 4.78 is 5.42. The highest BCUT2D eigenvalue weighted by Crippen LogP contribution is 2.16. The molecule has 0 aromatic heterocycles. The highest BCUT2D eigenvalue weighted by molar-refractivity contribution is 5.81. The van der Waals surface area contributed by atoms with Crippen molar-refractivity contribution in [3.8, 4) is 0 Å². The van der Waals surface area contributed by atoms with Crippen molar-refractivity contribution in [2.75, 3.05) is 39.3 Å². The number of ether oxygens (including phenoxy) is 1. The molecule has 2 fully saturated rings. The Balaban J connectivity index is 1.51. The summed E-state index contributed by atoms with van der Waals surface area (Å²) in [6.07, 6.45) is 5.97. The molecule has 2 saturated heterocycles. The van der Waals surface area contributed by atoms with Crippen molar-refractivity contribution in [2.24, 2.45) is 0 Å². The van der Waals surface area contributed by atoms with Gasteiger partial charge in [0.1, 0.15) is 6.10 Å². The maximum atomic E-state index is 11.8. The summed E-state index contributed by atoms with van der Waals surface area (Å²) in [5.74, 6) is 0.0311. The molecule has 2 heterocycles. The predicted molar refractivity (Wildman–Crippen MR) is 79.7 cm³/mol. The Kier molecular flexibility index (Phi) is 6.76. The summed E-state index contributed by atoms with van der Waals surface area (Å²) in [4.78, 5) is 14.4. The molecular formula is C15H29N3O2. The summed E-state index contributed by atoms with van der Waals surface area (Å²) >= 11 is 0. The Hall–Kier alpha value is -0.650. The number of hydrogen-bond donors (Lipinski definition) is 2. The van der Waals surface area contributed by atoms with E-state index in [4.69, 9.17) is 4.74 Å². The van der Waals surface area contributed by atoms with Gasteiger partial charge in [-0.1, -0.05) is 6.42 Å². The van der Waals surface area contributed by atoms with Crippen molar-refractivity contribution in [3.63, 3.8) is 0 Å². The van der Waals surface area contributed by atoms with E-state index >= 15 is 0 Å². The van der Waals surface area contributed by atoms with Gasteiger partial charge in [0.05, 0.1) is 6.61 Å². The second kappa shape index (κ2) is 8.60. The number of carbonyl (C=O) groups excluding carboxylic acids is 1. The fraction of sp³-hybridized carbons (Fsp3) is 0.933. The Morgan fingerprint density at radius 1 is 1.40 bits per heavy atom. The second-order valence-corrected chi connectivity index (χ2v) is 5.94. The van der Waals surface area contributed by atoms with E-state index in [1.807, 2.05) is 0 Å². The van der Waals surface area contributed by atoms with Gasteiger partial charge in [-0.05, 0) is 45.7 Å². The number of carbonyl (C=O) groups is 1. The first-order valence-electron chi connectivity index (χ1n) is 8.11. The molecule has 2 aliphatic rings. The maximum absolute atomic E-state index is 11.8. The second-order valence-electron chi connectivity index (χ2n) is 5.94. The number of nitrogens with one attached hydrogen (secondary N) is 2. The van der Waals surface area contributed by atoms with Crippen molar-refractivity contribution in [2.45, 2.75) is 51.2 Å². The summed E-state index contributed by atoms with van der Waals surface area (Å²) in [7, 11) is 0. The molecule has 0 aromatic rings. The van der Waals surface area contributed by atoms with E-state index < -0.39 is 0 Å². The van der Waals surface area contributed by atoms with E-state index in [1.165, 1.54) is 32.4 Å². The summed E-state index contributed by atoms with van der Waals surface area (Å²) in [5, 5.41) is 6.15. The fourth-order valence-corrected chi connectivity index (χ4v) is 2.99. The number of likely N-dealkylation sites (tertiary alicyclic amines) is 1. The molecule has 5 heteroatoms. The normalized spacial score (nSPS) is 28.2. The lowest BCUT2D eigenvalue weighted by atomic mass is 10.0. The maximum Gasteiger partial charge on any atom is 0.250 e. The predicted octanol–water partition coefficient (Wildman–Crippen LogP) is 0.746. The number of nitrogens with zero attached hydrogens (tertiary/aromatic N) is 1. The van der Waals surface area contributed by atoms with Gasteiger partial charge in [0, 0.05) is 25.7 Å². The van der Waals surface area contributed by atoms with E-state index in [0.717, 1.165) is 32.0 Å². The van der Waals surface area contributed by atoms with E-state index in [2.05, 4.69) is 22.5 Å². The summed E-state index contributed by atoms with van der Waals surface area (Å²) in [5.41, 5.74) is 0. The molecule has 20 heavy (non-hydrogen) atoms. The van der Waals surface area contributed by atoms with Crippen LogP contribution in [-0.4, -0.2) is 62.3 Å². The molecule has 2 atom stereocenters. The van der Waals surface area contributed by atoms with Crippen molar-refractivity contribution in [1.82, 2.24) is 15.5 Å². The first-order valence-corrected chi connectivity index (χ1v) is 8.11. The number of morpholine rings is 1. The van der Waals surface area contributed by atoms with E-state index in [-0.39, 0.29) is 12.0 Å². The van der Waals surface area contributed by atoms with Crippen molar-refractivity contribution in [1.29, 1.82) is 0 Å². The molecule has 0 bridgehead atoms. The molecule has 0 aliphatic carbocycles. The Bertz CT molecular complexity index is 293. The average Bonchev–Trinajstić information content (AvgIpc) is 2.49. The Morgan fingerprint density at radius 3 is 3.05 bits per heavy atom. The third-order valence-corrected chi connectivity index (χ3v) is 4.33. The van der Waals surface area contributed by atoms with Gasteiger partial charge >= 0.3 is 0 Å². The van der Waals surface area contributed by atoms with Crippen molar-refractivity contribution < 1.29 is 9.53 Å². The minimum atomic E-state index is -0.300. The van der Waals surface area contributed by atoms with Crippen molar-refractivity contribution in [3.05, 3.63) is 0 Å². The molecule has 0 aromatic carbocycles. The zero-order chi connectivity index (χ0) is 14.2. The van der Waals surface area contributed by atoms with Crippen LogP contribution in [0.1, 0.15) is 39.0 Å². The van der Waals surface area contributed by atoms with E-state index in [1.54, 1.807) is 0 Å². The summed E-state index contributed by atoms with van der Waals surface area (Å²) in [6, 6.07) is 0.736. The zero-order valence-electron chi connectivity index (χ0n) is 12.7. The monoisotopic (exact) mass is 283 g/mol. The van der Waals surface area contributed by atoms with Gasteiger partial charge in [-0.3, -0.25) is 4.79 Å². The first kappa shape index (κ1) is 15.7. The molecule has 116 valence electrons. The van der Waals surface area contributed by atoms with Gasteiger partial charge in [-0.2, -0.15) is 0 Å². The highest BCUT2D eigenvalue weighted by Gasteiger charge is 2.21. The minimum absolute atomic E-state index is 0.0311. The van der Waals surface area contributed by atoms with Crippen LogP contribution in [0.25, 0.3) is 0 Å².